The molecule has 0 amide bonds. The van der Waals surface area contributed by atoms with Gasteiger partial charge in [-0.3, -0.25) is 0 Å². The first kappa shape index (κ1) is 10.1. The lowest BCUT2D eigenvalue weighted by atomic mass is 10.0. The van der Waals surface area contributed by atoms with Gasteiger partial charge >= 0.3 is 0 Å². The number of hydrogen-bond acceptors (Lipinski definition) is 2. The van der Waals surface area contributed by atoms with Crippen molar-refractivity contribution in [2.75, 3.05) is 13.7 Å². The normalized spacial score (nSPS) is 12.5. The summed E-state index contributed by atoms with van der Waals surface area (Å²) in [6, 6.07) is 7.95. The maximum atomic E-state index is 8.87. The van der Waals surface area contributed by atoms with Crippen LogP contribution in [0.15, 0.2) is 24.3 Å². The van der Waals surface area contributed by atoms with E-state index >= 15 is 0 Å². The van der Waals surface area contributed by atoms with Gasteiger partial charge < -0.3 is 9.84 Å². The smallest absolute Gasteiger partial charge is 0.118 e. The first-order valence-electron chi connectivity index (χ1n) is 4.50. The summed E-state index contributed by atoms with van der Waals surface area (Å²) in [6.45, 7) is 2.27. The zero-order valence-corrected chi connectivity index (χ0v) is 8.16. The van der Waals surface area contributed by atoms with E-state index in [2.05, 4.69) is 0 Å². The molecule has 0 aliphatic carbocycles. The molecular weight excluding hydrogens is 164 g/mol. The predicted molar refractivity (Wildman–Crippen MR) is 52.9 cm³/mol. The van der Waals surface area contributed by atoms with Gasteiger partial charge in [-0.25, -0.2) is 0 Å². The number of aliphatic hydroxyl groups is 1. The van der Waals surface area contributed by atoms with Gasteiger partial charge in [0.05, 0.1) is 7.11 Å². The maximum absolute atomic E-state index is 8.87. The number of ether oxygens (including phenoxy) is 1. The SMILES string of the molecule is COc1ccc(CC(C)CO)cc1. The number of methoxy groups -OCH3 is 1. The van der Waals surface area contributed by atoms with E-state index < -0.39 is 0 Å². The summed E-state index contributed by atoms with van der Waals surface area (Å²) in [4.78, 5) is 0. The first-order chi connectivity index (χ1) is 6.26. The zero-order chi connectivity index (χ0) is 9.68. The van der Waals surface area contributed by atoms with Crippen LogP contribution in [0.1, 0.15) is 12.5 Å². The molecule has 1 N–H and O–H groups in total. The third-order valence-electron chi connectivity index (χ3n) is 2.05. The molecule has 0 spiro atoms. The van der Waals surface area contributed by atoms with Crippen LogP contribution in [0.2, 0.25) is 0 Å². The number of aliphatic hydroxyl groups excluding tert-OH is 1. The highest BCUT2D eigenvalue weighted by Crippen LogP contribution is 2.14. The summed E-state index contributed by atoms with van der Waals surface area (Å²) < 4.78 is 5.05. The van der Waals surface area contributed by atoms with Crippen LogP contribution in [0, 0.1) is 5.92 Å². The van der Waals surface area contributed by atoms with Gasteiger partial charge in [-0.15, -0.1) is 0 Å². The summed E-state index contributed by atoms with van der Waals surface area (Å²) in [6.07, 6.45) is 0.917. The Balaban J connectivity index is 2.58. The lowest BCUT2D eigenvalue weighted by Gasteiger charge is -2.07. The maximum Gasteiger partial charge on any atom is 0.118 e. The molecule has 0 aromatic heterocycles. The number of rotatable bonds is 4. The fraction of sp³-hybridized carbons (Fsp3) is 0.455. The Kier molecular flexibility index (Phi) is 3.77. The molecule has 72 valence electrons. The van der Waals surface area contributed by atoms with Crippen molar-refractivity contribution in [3.05, 3.63) is 29.8 Å². The standard InChI is InChI=1S/C11H16O2/c1-9(8-12)7-10-3-5-11(13-2)6-4-10/h3-6,9,12H,7-8H2,1-2H3. The van der Waals surface area contributed by atoms with E-state index in [0.29, 0.717) is 5.92 Å². The molecule has 1 rings (SSSR count). The fourth-order valence-electron chi connectivity index (χ4n) is 1.23. The van der Waals surface area contributed by atoms with Gasteiger partial charge in [0.25, 0.3) is 0 Å². The molecule has 1 aromatic carbocycles. The minimum absolute atomic E-state index is 0.242. The molecule has 2 heteroatoms. The average Bonchev–Trinajstić information content (AvgIpc) is 2.19. The van der Waals surface area contributed by atoms with E-state index in [1.807, 2.05) is 31.2 Å². The van der Waals surface area contributed by atoms with Gasteiger partial charge in [-0.05, 0) is 30.0 Å². The molecule has 0 aliphatic heterocycles. The highest BCUT2D eigenvalue weighted by Gasteiger charge is 2.01. The van der Waals surface area contributed by atoms with Crippen LogP contribution in [0.4, 0.5) is 0 Å². The molecule has 0 saturated heterocycles. The highest BCUT2D eigenvalue weighted by molar-refractivity contribution is 5.27. The topological polar surface area (TPSA) is 29.5 Å². The van der Waals surface area contributed by atoms with Crippen LogP contribution in [-0.2, 0) is 6.42 Å². The molecule has 0 aliphatic rings. The summed E-state index contributed by atoms with van der Waals surface area (Å²) in [5.41, 5.74) is 1.24. The molecule has 0 heterocycles. The molecule has 0 saturated carbocycles. The van der Waals surface area contributed by atoms with E-state index in [9.17, 15) is 0 Å². The van der Waals surface area contributed by atoms with Gasteiger partial charge in [-0.1, -0.05) is 19.1 Å². The van der Waals surface area contributed by atoms with Crippen molar-refractivity contribution in [2.24, 2.45) is 5.92 Å². The third-order valence-corrected chi connectivity index (χ3v) is 2.05. The number of benzene rings is 1. The highest BCUT2D eigenvalue weighted by atomic mass is 16.5. The fourth-order valence-corrected chi connectivity index (χ4v) is 1.23. The Hall–Kier alpha value is -1.02. The van der Waals surface area contributed by atoms with Crippen LogP contribution >= 0.6 is 0 Å². The second kappa shape index (κ2) is 4.87. The Morgan fingerprint density at radius 1 is 1.31 bits per heavy atom. The van der Waals surface area contributed by atoms with E-state index in [1.54, 1.807) is 7.11 Å². The van der Waals surface area contributed by atoms with E-state index in [4.69, 9.17) is 9.84 Å². The summed E-state index contributed by atoms with van der Waals surface area (Å²) >= 11 is 0. The zero-order valence-electron chi connectivity index (χ0n) is 8.16. The van der Waals surface area contributed by atoms with Crippen molar-refractivity contribution >= 4 is 0 Å². The quantitative estimate of drug-likeness (QED) is 0.766. The number of hydrogen-bond donors (Lipinski definition) is 1. The molecular formula is C11H16O2. The van der Waals surface area contributed by atoms with Gasteiger partial charge in [0, 0.05) is 6.61 Å². The molecule has 1 atom stereocenters. The molecule has 13 heavy (non-hydrogen) atoms. The van der Waals surface area contributed by atoms with E-state index in [1.165, 1.54) is 5.56 Å². The minimum Gasteiger partial charge on any atom is -0.497 e. The van der Waals surface area contributed by atoms with Crippen molar-refractivity contribution in [1.82, 2.24) is 0 Å². The van der Waals surface area contributed by atoms with Crippen molar-refractivity contribution in [3.8, 4) is 5.75 Å². The van der Waals surface area contributed by atoms with Crippen LogP contribution in [0.25, 0.3) is 0 Å². The van der Waals surface area contributed by atoms with Crippen molar-refractivity contribution in [2.45, 2.75) is 13.3 Å². The molecule has 1 unspecified atom stereocenters. The largest absolute Gasteiger partial charge is 0.497 e. The third kappa shape index (κ3) is 3.07. The van der Waals surface area contributed by atoms with Gasteiger partial charge in [0.15, 0.2) is 0 Å². The van der Waals surface area contributed by atoms with Crippen LogP contribution in [0.3, 0.4) is 0 Å². The molecule has 0 fully saturated rings. The molecule has 0 radical (unpaired) electrons. The van der Waals surface area contributed by atoms with E-state index in [0.717, 1.165) is 12.2 Å². The van der Waals surface area contributed by atoms with Crippen LogP contribution in [-0.4, -0.2) is 18.8 Å². The van der Waals surface area contributed by atoms with E-state index in [-0.39, 0.29) is 6.61 Å². The lowest BCUT2D eigenvalue weighted by Crippen LogP contribution is -2.04. The molecule has 1 aromatic rings. The van der Waals surface area contributed by atoms with Crippen molar-refractivity contribution < 1.29 is 9.84 Å². The van der Waals surface area contributed by atoms with Crippen molar-refractivity contribution in [1.29, 1.82) is 0 Å². The summed E-state index contributed by atoms with van der Waals surface area (Å²) in [5, 5.41) is 8.87. The summed E-state index contributed by atoms with van der Waals surface area (Å²) in [7, 11) is 1.66. The Labute approximate surface area is 79.2 Å². The summed E-state index contributed by atoms with van der Waals surface area (Å²) in [5.74, 6) is 1.20. The van der Waals surface area contributed by atoms with Crippen molar-refractivity contribution in [3.63, 3.8) is 0 Å². The lowest BCUT2D eigenvalue weighted by molar-refractivity contribution is 0.237. The Morgan fingerprint density at radius 3 is 2.38 bits per heavy atom. The van der Waals surface area contributed by atoms with Gasteiger partial charge in [0.1, 0.15) is 5.75 Å². The van der Waals surface area contributed by atoms with Crippen LogP contribution in [0.5, 0.6) is 5.75 Å². The second-order valence-corrected chi connectivity index (χ2v) is 3.34. The first-order valence-corrected chi connectivity index (χ1v) is 4.50. The average molecular weight is 180 g/mol. The Bertz CT molecular complexity index is 241. The minimum atomic E-state index is 0.242. The molecule has 0 bridgehead atoms. The van der Waals surface area contributed by atoms with Gasteiger partial charge in [-0.2, -0.15) is 0 Å². The van der Waals surface area contributed by atoms with Gasteiger partial charge in [0.2, 0.25) is 0 Å². The predicted octanol–water partition coefficient (Wildman–Crippen LogP) is 1.87. The Morgan fingerprint density at radius 2 is 1.92 bits per heavy atom. The second-order valence-electron chi connectivity index (χ2n) is 3.34. The monoisotopic (exact) mass is 180 g/mol. The van der Waals surface area contributed by atoms with Crippen LogP contribution < -0.4 is 4.74 Å². The molecule has 2 nitrogen and oxygen atoms in total.